The maximum absolute atomic E-state index is 8.76. The van der Waals surface area contributed by atoms with Crippen molar-refractivity contribution in [3.8, 4) is 0 Å². The summed E-state index contributed by atoms with van der Waals surface area (Å²) in [6.45, 7) is 11.0. The third-order valence-electron chi connectivity index (χ3n) is 7.03. The Kier molecular flexibility index (Phi) is 13.7. The number of rotatable bonds is 11. The van der Waals surface area contributed by atoms with Gasteiger partial charge in [0.05, 0.1) is 0 Å². The third kappa shape index (κ3) is 13.0. The minimum Gasteiger partial charge on any atom is -0.339 e. The summed E-state index contributed by atoms with van der Waals surface area (Å²) >= 11 is 11.9. The largest absolute Gasteiger partial charge is 0.339 e. The quantitative estimate of drug-likeness (QED) is 0.0769. The van der Waals surface area contributed by atoms with E-state index in [1.54, 1.807) is 48.5 Å². The van der Waals surface area contributed by atoms with Gasteiger partial charge in [-0.2, -0.15) is 0 Å². The van der Waals surface area contributed by atoms with E-state index in [4.69, 9.17) is 44.8 Å². The Bertz CT molecular complexity index is 1450. The fraction of sp³-hybridized carbons (Fsp3) is 0.353. The summed E-state index contributed by atoms with van der Waals surface area (Å²) in [5.74, 6) is 0.293. The summed E-state index contributed by atoms with van der Waals surface area (Å²) in [5, 5.41) is 47.0. The zero-order valence-electron chi connectivity index (χ0n) is 27.0. The monoisotopic (exact) mass is 664 g/mol. The topological polar surface area (TPSA) is 150 Å². The molecular weight excluding hydrogens is 619 g/mol. The van der Waals surface area contributed by atoms with E-state index in [1.165, 1.54) is 0 Å². The molecule has 246 valence electrons. The highest BCUT2D eigenvalue weighted by molar-refractivity contribution is 6.31. The first kappa shape index (κ1) is 36.2. The van der Waals surface area contributed by atoms with E-state index in [9.17, 15) is 0 Å². The van der Waals surface area contributed by atoms with Crippen LogP contribution in [-0.2, 0) is 13.1 Å². The fourth-order valence-corrected chi connectivity index (χ4v) is 4.61. The Balaban J connectivity index is 1.63. The average molecular weight is 666 g/mol. The van der Waals surface area contributed by atoms with Gasteiger partial charge in [-0.25, -0.2) is 0 Å². The van der Waals surface area contributed by atoms with E-state index < -0.39 is 0 Å². The van der Waals surface area contributed by atoms with Gasteiger partial charge in [-0.15, -0.1) is 0 Å². The van der Waals surface area contributed by atoms with Crippen LogP contribution in [0.2, 0.25) is 10.0 Å². The lowest BCUT2D eigenvalue weighted by molar-refractivity contribution is 0.297. The van der Waals surface area contributed by atoms with E-state index in [0.29, 0.717) is 47.6 Å². The summed E-state index contributed by atoms with van der Waals surface area (Å²) in [4.78, 5) is 3.86. The van der Waals surface area contributed by atoms with Crippen molar-refractivity contribution in [3.05, 3.63) is 94.0 Å². The molecule has 0 fully saturated rings. The van der Waals surface area contributed by atoms with Crippen LogP contribution >= 0.6 is 23.2 Å². The first-order chi connectivity index (χ1) is 21.8. The van der Waals surface area contributed by atoms with Gasteiger partial charge < -0.3 is 20.4 Å². The summed E-state index contributed by atoms with van der Waals surface area (Å²) in [7, 11) is 0. The normalized spacial score (nSPS) is 10.9. The molecule has 0 spiro atoms. The molecule has 0 radical (unpaired) electrons. The van der Waals surface area contributed by atoms with Crippen molar-refractivity contribution >= 4 is 58.4 Å². The third-order valence-corrected chi connectivity index (χ3v) is 7.53. The van der Waals surface area contributed by atoms with Crippen LogP contribution in [0.3, 0.4) is 0 Å². The fourth-order valence-electron chi connectivity index (χ4n) is 4.36. The Morgan fingerprint density at radius 1 is 0.630 bits per heavy atom. The smallest absolute Gasteiger partial charge is 0.199 e. The van der Waals surface area contributed by atoms with Crippen molar-refractivity contribution in [1.29, 1.82) is 21.6 Å². The van der Waals surface area contributed by atoms with Gasteiger partial charge in [-0.05, 0) is 77.9 Å². The molecule has 0 saturated heterocycles. The first-order valence-corrected chi connectivity index (χ1v) is 16.1. The zero-order valence-corrected chi connectivity index (χ0v) is 28.5. The van der Waals surface area contributed by atoms with E-state index in [2.05, 4.69) is 49.0 Å². The van der Waals surface area contributed by atoms with Crippen LogP contribution in [0.1, 0.15) is 58.1 Å². The highest BCUT2D eigenvalue weighted by Crippen LogP contribution is 2.20. The second-order valence-electron chi connectivity index (χ2n) is 12.3. The molecule has 10 nitrogen and oxygen atoms in total. The van der Waals surface area contributed by atoms with Gasteiger partial charge in [0.15, 0.2) is 23.8 Å². The number of nitrogens with one attached hydrogen (secondary N) is 8. The van der Waals surface area contributed by atoms with Crippen LogP contribution in [-0.4, -0.2) is 46.7 Å². The number of halogens is 2. The number of anilines is 2. The van der Waals surface area contributed by atoms with E-state index in [0.717, 1.165) is 30.4 Å². The van der Waals surface area contributed by atoms with E-state index >= 15 is 0 Å². The van der Waals surface area contributed by atoms with Crippen molar-refractivity contribution in [2.75, 3.05) is 23.7 Å². The first-order valence-electron chi connectivity index (χ1n) is 15.3. The van der Waals surface area contributed by atoms with Gasteiger partial charge in [0.25, 0.3) is 0 Å². The number of hydrogen-bond donors (Lipinski definition) is 8. The molecular formula is C34H46Cl2N10. The molecule has 0 atom stereocenters. The number of guanidine groups is 4. The second kappa shape index (κ2) is 17.4. The molecule has 0 bridgehead atoms. The van der Waals surface area contributed by atoms with Gasteiger partial charge in [-0.1, -0.05) is 81.6 Å². The molecule has 0 amide bonds. The molecule has 46 heavy (non-hydrogen) atoms. The average Bonchev–Trinajstić information content (AvgIpc) is 2.99. The molecule has 3 aromatic carbocycles. The Morgan fingerprint density at radius 3 is 1.39 bits per heavy atom. The standard InChI is InChI=1S/C34H46Cl2N10/c1-5-6-20-45(32(39)43-30(37)41-28-15-11-26(35)12-16-28)22-24-7-9-25(10-8-24)23-46(21-19-34(2,3)4)33(40)44-31(38)42-29-17-13-27(36)14-18-29/h7-18H,5-6,19-23H2,1-4H3,(H4,37,39,41,43)(H4,38,40,42,44). The zero-order chi connectivity index (χ0) is 33.7. The molecule has 0 aromatic heterocycles. The molecule has 0 aliphatic carbocycles. The number of benzene rings is 3. The molecule has 0 aliphatic heterocycles. The summed E-state index contributed by atoms with van der Waals surface area (Å²) < 4.78 is 0. The van der Waals surface area contributed by atoms with Crippen LogP contribution in [0.25, 0.3) is 0 Å². The Morgan fingerprint density at radius 2 is 1.02 bits per heavy atom. The minimum atomic E-state index is 0.00287. The number of unbranched alkanes of at least 4 members (excludes halogenated alkanes) is 1. The molecule has 0 heterocycles. The van der Waals surface area contributed by atoms with Gasteiger partial charge in [0.2, 0.25) is 0 Å². The summed E-state index contributed by atoms with van der Waals surface area (Å²) in [5.41, 5.74) is 3.56. The summed E-state index contributed by atoms with van der Waals surface area (Å²) in [6.07, 6.45) is 2.77. The number of nitrogens with zero attached hydrogens (tertiary/aromatic N) is 2. The van der Waals surface area contributed by atoms with Crippen LogP contribution in [0.5, 0.6) is 0 Å². The van der Waals surface area contributed by atoms with Crippen molar-refractivity contribution in [2.24, 2.45) is 5.41 Å². The highest BCUT2D eigenvalue weighted by Gasteiger charge is 2.18. The Labute approximate surface area is 282 Å². The van der Waals surface area contributed by atoms with Crippen molar-refractivity contribution in [3.63, 3.8) is 0 Å². The van der Waals surface area contributed by atoms with Gasteiger partial charge in [0, 0.05) is 47.6 Å². The minimum absolute atomic E-state index is 0.00287. The van der Waals surface area contributed by atoms with E-state index in [-0.39, 0.29) is 29.3 Å². The molecule has 0 unspecified atom stereocenters. The van der Waals surface area contributed by atoms with E-state index in [1.807, 2.05) is 34.1 Å². The molecule has 3 rings (SSSR count). The van der Waals surface area contributed by atoms with Crippen LogP contribution < -0.4 is 21.3 Å². The van der Waals surface area contributed by atoms with Crippen LogP contribution in [0, 0.1) is 27.1 Å². The SMILES string of the molecule is CCCCN(Cc1ccc(CN(CCC(C)(C)C)C(=N)NC(=N)Nc2ccc(Cl)cc2)cc1)C(=N)NC(=N)Nc1ccc(Cl)cc1. The highest BCUT2D eigenvalue weighted by atomic mass is 35.5. The maximum Gasteiger partial charge on any atom is 0.199 e. The molecule has 8 N–H and O–H groups in total. The Hall–Kier alpha value is -4.28. The number of hydrogen-bond acceptors (Lipinski definition) is 4. The van der Waals surface area contributed by atoms with Crippen LogP contribution in [0.4, 0.5) is 11.4 Å². The lowest BCUT2D eigenvalue weighted by atomic mass is 9.92. The summed E-state index contributed by atoms with van der Waals surface area (Å²) in [6, 6.07) is 22.3. The van der Waals surface area contributed by atoms with Crippen molar-refractivity contribution < 1.29 is 0 Å². The molecule has 3 aromatic rings. The van der Waals surface area contributed by atoms with Gasteiger partial charge >= 0.3 is 0 Å². The van der Waals surface area contributed by atoms with Crippen molar-refractivity contribution in [2.45, 2.75) is 60.0 Å². The van der Waals surface area contributed by atoms with Crippen molar-refractivity contribution in [1.82, 2.24) is 20.4 Å². The molecule has 0 aliphatic rings. The lowest BCUT2D eigenvalue weighted by Crippen LogP contribution is -2.46. The van der Waals surface area contributed by atoms with Gasteiger partial charge in [-0.3, -0.25) is 32.3 Å². The maximum atomic E-state index is 8.76. The van der Waals surface area contributed by atoms with Gasteiger partial charge in [0.1, 0.15) is 0 Å². The lowest BCUT2D eigenvalue weighted by Gasteiger charge is -2.29. The van der Waals surface area contributed by atoms with Crippen LogP contribution in [0.15, 0.2) is 72.8 Å². The predicted octanol–water partition coefficient (Wildman–Crippen LogP) is 7.98. The molecule has 0 saturated carbocycles. The molecule has 12 heteroatoms. The second-order valence-corrected chi connectivity index (χ2v) is 13.2. The predicted molar refractivity (Wildman–Crippen MR) is 194 cm³/mol.